The highest BCUT2D eigenvalue weighted by molar-refractivity contribution is 7.99. The van der Waals surface area contributed by atoms with Crippen molar-refractivity contribution in [1.82, 2.24) is 4.98 Å². The zero-order valence-electron chi connectivity index (χ0n) is 7.61. The van der Waals surface area contributed by atoms with Crippen LogP contribution < -0.4 is 4.72 Å². The summed E-state index contributed by atoms with van der Waals surface area (Å²) in [7, 11) is 0. The normalized spacial score (nSPS) is 14.1. The van der Waals surface area contributed by atoms with Crippen LogP contribution in [0.2, 0.25) is 0 Å². The Balaban J connectivity index is 2.42. The Morgan fingerprint density at radius 1 is 1.38 bits per heavy atom. The molecule has 1 N–H and O–H groups in total. The standard InChI is InChI=1S/C9H11N3S/c1-6(2)8-4-3-7-5-10-13-12-9(7)11-8/h3-6H,1-2H3,(H,11,12). The fourth-order valence-corrected chi connectivity index (χ4v) is 1.61. The van der Waals surface area contributed by atoms with Crippen molar-refractivity contribution < 1.29 is 0 Å². The van der Waals surface area contributed by atoms with E-state index in [1.807, 2.05) is 18.3 Å². The Hall–Kier alpha value is -1.03. The molecule has 1 aliphatic heterocycles. The zero-order chi connectivity index (χ0) is 9.26. The number of fused-ring (bicyclic) bond motifs is 1. The lowest BCUT2D eigenvalue weighted by molar-refractivity contribution is 0.825. The molecule has 3 nitrogen and oxygen atoms in total. The van der Waals surface area contributed by atoms with Crippen LogP contribution in [0.25, 0.3) is 0 Å². The molecular formula is C9H11N3S. The summed E-state index contributed by atoms with van der Waals surface area (Å²) in [4.78, 5) is 4.49. The van der Waals surface area contributed by atoms with Crippen LogP contribution in [0, 0.1) is 0 Å². The molecule has 0 fully saturated rings. The molecular weight excluding hydrogens is 182 g/mol. The van der Waals surface area contributed by atoms with E-state index < -0.39 is 0 Å². The van der Waals surface area contributed by atoms with Gasteiger partial charge in [0.15, 0.2) is 0 Å². The van der Waals surface area contributed by atoms with Crippen LogP contribution >= 0.6 is 12.1 Å². The summed E-state index contributed by atoms with van der Waals surface area (Å²) in [6, 6.07) is 4.10. The largest absolute Gasteiger partial charge is 0.294 e. The van der Waals surface area contributed by atoms with E-state index in [9.17, 15) is 0 Å². The van der Waals surface area contributed by atoms with Crippen molar-refractivity contribution in [3.05, 3.63) is 23.4 Å². The predicted molar refractivity (Wildman–Crippen MR) is 57.1 cm³/mol. The maximum Gasteiger partial charge on any atom is 0.146 e. The molecule has 0 saturated heterocycles. The Kier molecular flexibility index (Phi) is 2.22. The van der Waals surface area contributed by atoms with E-state index in [2.05, 4.69) is 28.0 Å². The van der Waals surface area contributed by atoms with Gasteiger partial charge in [-0.2, -0.15) is 0 Å². The van der Waals surface area contributed by atoms with Gasteiger partial charge in [0.05, 0.1) is 12.1 Å². The molecule has 0 spiro atoms. The minimum atomic E-state index is 0.468. The molecule has 4 heteroatoms. The first-order chi connectivity index (χ1) is 6.27. The second-order valence-electron chi connectivity index (χ2n) is 3.26. The first kappa shape index (κ1) is 8.56. The monoisotopic (exact) mass is 193 g/mol. The molecule has 0 aromatic carbocycles. The van der Waals surface area contributed by atoms with Gasteiger partial charge in [-0.1, -0.05) is 13.8 Å². The molecule has 0 bridgehead atoms. The van der Waals surface area contributed by atoms with Crippen molar-refractivity contribution in [1.29, 1.82) is 0 Å². The van der Waals surface area contributed by atoms with Crippen molar-refractivity contribution in [3.8, 4) is 0 Å². The summed E-state index contributed by atoms with van der Waals surface area (Å²) in [5.74, 6) is 1.39. The molecule has 2 heterocycles. The van der Waals surface area contributed by atoms with Gasteiger partial charge in [0.2, 0.25) is 0 Å². The maximum absolute atomic E-state index is 4.49. The molecule has 1 aromatic heterocycles. The summed E-state index contributed by atoms with van der Waals surface area (Å²) in [6.45, 7) is 4.28. The maximum atomic E-state index is 4.49. The fraction of sp³-hybridized carbons (Fsp3) is 0.333. The number of nitrogens with zero attached hydrogens (tertiary/aromatic N) is 2. The van der Waals surface area contributed by atoms with Crippen molar-refractivity contribution >= 4 is 24.2 Å². The van der Waals surface area contributed by atoms with E-state index in [4.69, 9.17) is 0 Å². The highest BCUT2D eigenvalue weighted by Crippen LogP contribution is 2.23. The van der Waals surface area contributed by atoms with Gasteiger partial charge in [-0.3, -0.25) is 4.72 Å². The van der Waals surface area contributed by atoms with Crippen LogP contribution in [-0.2, 0) is 0 Å². The molecule has 13 heavy (non-hydrogen) atoms. The molecule has 2 rings (SSSR count). The van der Waals surface area contributed by atoms with Gasteiger partial charge in [-0.15, -0.1) is 0 Å². The van der Waals surface area contributed by atoms with Crippen LogP contribution in [0.4, 0.5) is 5.82 Å². The third-order valence-electron chi connectivity index (χ3n) is 1.93. The molecule has 0 aliphatic carbocycles. The molecule has 0 saturated carbocycles. The van der Waals surface area contributed by atoms with Crippen LogP contribution in [0.15, 0.2) is 16.5 Å². The van der Waals surface area contributed by atoms with E-state index in [1.54, 1.807) is 0 Å². The average Bonchev–Trinajstić information content (AvgIpc) is 2.17. The second kappa shape index (κ2) is 3.38. The van der Waals surface area contributed by atoms with Crippen molar-refractivity contribution in [2.45, 2.75) is 19.8 Å². The lowest BCUT2D eigenvalue weighted by Crippen LogP contribution is -2.03. The molecule has 1 aromatic rings. The Bertz CT molecular complexity index is 347. The Morgan fingerprint density at radius 3 is 3.00 bits per heavy atom. The number of aromatic nitrogens is 1. The number of pyridine rings is 1. The molecule has 0 unspecified atom stereocenters. The Labute approximate surface area is 81.9 Å². The van der Waals surface area contributed by atoms with E-state index in [0.29, 0.717) is 5.92 Å². The van der Waals surface area contributed by atoms with Crippen LogP contribution in [0.3, 0.4) is 0 Å². The fourth-order valence-electron chi connectivity index (χ4n) is 1.15. The van der Waals surface area contributed by atoms with Crippen LogP contribution in [0.5, 0.6) is 0 Å². The minimum absolute atomic E-state index is 0.468. The smallest absolute Gasteiger partial charge is 0.146 e. The zero-order valence-corrected chi connectivity index (χ0v) is 8.43. The molecule has 1 aliphatic rings. The quantitative estimate of drug-likeness (QED) is 0.697. The molecule has 68 valence electrons. The third-order valence-corrected chi connectivity index (χ3v) is 2.42. The number of anilines is 1. The minimum Gasteiger partial charge on any atom is -0.294 e. The number of rotatable bonds is 1. The van der Waals surface area contributed by atoms with Gasteiger partial charge in [0.25, 0.3) is 0 Å². The van der Waals surface area contributed by atoms with Gasteiger partial charge >= 0.3 is 0 Å². The summed E-state index contributed by atoms with van der Waals surface area (Å²) < 4.78 is 7.10. The highest BCUT2D eigenvalue weighted by atomic mass is 32.2. The summed E-state index contributed by atoms with van der Waals surface area (Å²) in [5, 5.41) is 0. The summed E-state index contributed by atoms with van der Waals surface area (Å²) >= 11 is 1.31. The van der Waals surface area contributed by atoms with E-state index in [1.165, 1.54) is 12.1 Å². The topological polar surface area (TPSA) is 37.3 Å². The number of hydrogen-bond donors (Lipinski definition) is 1. The molecule has 0 amide bonds. The van der Waals surface area contributed by atoms with Crippen LogP contribution in [-0.4, -0.2) is 11.2 Å². The lowest BCUT2D eigenvalue weighted by Gasteiger charge is -2.12. The predicted octanol–water partition coefficient (Wildman–Crippen LogP) is 2.61. The van der Waals surface area contributed by atoms with Crippen LogP contribution in [0.1, 0.15) is 31.0 Å². The van der Waals surface area contributed by atoms with Gasteiger partial charge in [-0.25, -0.2) is 9.38 Å². The van der Waals surface area contributed by atoms with Crippen molar-refractivity contribution in [2.24, 2.45) is 4.40 Å². The third kappa shape index (κ3) is 1.67. The van der Waals surface area contributed by atoms with E-state index in [-0.39, 0.29) is 0 Å². The Morgan fingerprint density at radius 2 is 2.23 bits per heavy atom. The number of nitrogens with one attached hydrogen (secondary N) is 1. The van der Waals surface area contributed by atoms with Crippen molar-refractivity contribution in [3.63, 3.8) is 0 Å². The number of hydrogen-bond acceptors (Lipinski definition) is 4. The van der Waals surface area contributed by atoms with E-state index in [0.717, 1.165) is 17.1 Å². The average molecular weight is 193 g/mol. The highest BCUT2D eigenvalue weighted by Gasteiger charge is 2.09. The second-order valence-corrected chi connectivity index (χ2v) is 3.85. The van der Waals surface area contributed by atoms with Gasteiger partial charge in [-0.05, 0) is 18.1 Å². The van der Waals surface area contributed by atoms with Crippen molar-refractivity contribution in [2.75, 3.05) is 4.72 Å². The van der Waals surface area contributed by atoms with E-state index >= 15 is 0 Å². The molecule has 0 radical (unpaired) electrons. The first-order valence-corrected chi connectivity index (χ1v) is 5.01. The lowest BCUT2D eigenvalue weighted by atomic mass is 10.1. The SMILES string of the molecule is CC(C)c1ccc2c(n1)NSN=C2. The van der Waals surface area contributed by atoms with Gasteiger partial charge in [0, 0.05) is 17.5 Å². The summed E-state index contributed by atoms with van der Waals surface area (Å²) in [5.41, 5.74) is 2.17. The van der Waals surface area contributed by atoms with Gasteiger partial charge in [0.1, 0.15) is 5.82 Å². The summed E-state index contributed by atoms with van der Waals surface area (Å²) in [6.07, 6.45) is 1.83. The first-order valence-electron chi connectivity index (χ1n) is 4.23. The molecule has 0 atom stereocenters. The van der Waals surface area contributed by atoms with Gasteiger partial charge < -0.3 is 0 Å².